The van der Waals surface area contributed by atoms with Crippen molar-refractivity contribution in [1.82, 2.24) is 4.98 Å². The molecular formula is C17H19N3O. The maximum absolute atomic E-state index is 5.21. The van der Waals surface area contributed by atoms with Gasteiger partial charge in [0.05, 0.1) is 19.5 Å². The third-order valence-corrected chi connectivity index (χ3v) is 4.24. The molecule has 0 spiro atoms. The van der Waals surface area contributed by atoms with Crippen molar-refractivity contribution in [2.24, 2.45) is 5.92 Å². The topological polar surface area (TPSA) is 37.4 Å². The molecule has 4 rings (SSSR count). The van der Waals surface area contributed by atoms with Gasteiger partial charge in [0, 0.05) is 18.3 Å². The number of fused-ring (bicyclic) bond motifs is 1. The molecule has 1 aromatic heterocycles. The summed E-state index contributed by atoms with van der Waals surface area (Å²) in [7, 11) is 1.69. The predicted molar refractivity (Wildman–Crippen MR) is 84.8 cm³/mol. The molecule has 2 aliphatic rings. The van der Waals surface area contributed by atoms with E-state index in [9.17, 15) is 0 Å². The van der Waals surface area contributed by atoms with Crippen LogP contribution in [0, 0.1) is 5.92 Å². The molecular weight excluding hydrogens is 262 g/mol. The minimum absolute atomic E-state index is 0.877. The molecule has 0 radical (unpaired) electrons. The van der Waals surface area contributed by atoms with Crippen LogP contribution in [-0.2, 0) is 0 Å². The first-order valence-corrected chi connectivity index (χ1v) is 7.47. The molecule has 1 aliphatic carbocycles. The number of rotatable bonds is 4. The van der Waals surface area contributed by atoms with Crippen LogP contribution < -0.4 is 15.0 Å². The third kappa shape index (κ3) is 2.42. The lowest BCUT2D eigenvalue weighted by atomic mass is 10.1. The molecule has 1 saturated carbocycles. The Kier molecular flexibility index (Phi) is 2.95. The van der Waals surface area contributed by atoms with Gasteiger partial charge >= 0.3 is 0 Å². The van der Waals surface area contributed by atoms with Crippen LogP contribution in [0.5, 0.6) is 5.75 Å². The molecule has 0 atom stereocenters. The molecule has 21 heavy (non-hydrogen) atoms. The van der Waals surface area contributed by atoms with E-state index in [1.54, 1.807) is 7.11 Å². The number of nitrogens with one attached hydrogen (secondary N) is 1. The average Bonchev–Trinajstić information content (AvgIpc) is 3.27. The molecule has 4 nitrogen and oxygen atoms in total. The highest BCUT2D eigenvalue weighted by atomic mass is 16.5. The van der Waals surface area contributed by atoms with E-state index in [0.717, 1.165) is 36.3 Å². The Balaban J connectivity index is 1.64. The van der Waals surface area contributed by atoms with E-state index in [1.807, 2.05) is 18.3 Å². The summed E-state index contributed by atoms with van der Waals surface area (Å²) in [5, 5.41) is 3.38. The van der Waals surface area contributed by atoms with E-state index in [-0.39, 0.29) is 0 Å². The first-order valence-electron chi connectivity index (χ1n) is 7.47. The van der Waals surface area contributed by atoms with Gasteiger partial charge in [0.1, 0.15) is 5.75 Å². The maximum Gasteiger partial charge on any atom is 0.151 e. The van der Waals surface area contributed by atoms with Crippen LogP contribution in [-0.4, -0.2) is 25.3 Å². The molecule has 1 fully saturated rings. The lowest BCUT2D eigenvalue weighted by Crippen LogP contribution is -2.25. The predicted octanol–water partition coefficient (Wildman–Crippen LogP) is 3.36. The minimum atomic E-state index is 0.877. The second-order valence-electron chi connectivity index (χ2n) is 5.82. The van der Waals surface area contributed by atoms with Crippen molar-refractivity contribution in [3.8, 4) is 16.9 Å². The van der Waals surface area contributed by atoms with Crippen LogP contribution in [0.4, 0.5) is 11.5 Å². The van der Waals surface area contributed by atoms with E-state index < -0.39 is 0 Å². The number of hydrogen-bond acceptors (Lipinski definition) is 4. The molecule has 2 aromatic rings. The summed E-state index contributed by atoms with van der Waals surface area (Å²) in [6, 6.07) is 10.4. The Morgan fingerprint density at radius 3 is 2.76 bits per heavy atom. The van der Waals surface area contributed by atoms with Crippen molar-refractivity contribution in [3.63, 3.8) is 0 Å². The number of ether oxygens (including phenoxy) is 1. The highest BCUT2D eigenvalue weighted by molar-refractivity contribution is 5.77. The van der Waals surface area contributed by atoms with E-state index in [0.29, 0.717) is 0 Å². The summed E-state index contributed by atoms with van der Waals surface area (Å²) in [5.74, 6) is 2.76. The van der Waals surface area contributed by atoms with Crippen LogP contribution in [0.25, 0.3) is 11.1 Å². The highest BCUT2D eigenvalue weighted by Gasteiger charge is 2.28. The monoisotopic (exact) mass is 281 g/mol. The van der Waals surface area contributed by atoms with Gasteiger partial charge in [-0.2, -0.15) is 0 Å². The van der Waals surface area contributed by atoms with Gasteiger partial charge < -0.3 is 15.0 Å². The Labute approximate surface area is 124 Å². The van der Waals surface area contributed by atoms with Gasteiger partial charge in [-0.05, 0) is 42.5 Å². The molecule has 1 aromatic carbocycles. The summed E-state index contributed by atoms with van der Waals surface area (Å²) in [5.41, 5.74) is 3.56. The number of aromatic nitrogens is 1. The van der Waals surface area contributed by atoms with Gasteiger partial charge in [-0.1, -0.05) is 12.1 Å². The van der Waals surface area contributed by atoms with E-state index in [2.05, 4.69) is 33.4 Å². The number of nitrogens with zero attached hydrogens (tertiary/aromatic N) is 2. The molecule has 108 valence electrons. The smallest absolute Gasteiger partial charge is 0.151 e. The molecule has 0 saturated heterocycles. The van der Waals surface area contributed by atoms with Gasteiger partial charge in [-0.25, -0.2) is 4.98 Å². The molecule has 0 bridgehead atoms. The Morgan fingerprint density at radius 1 is 1.24 bits per heavy atom. The average molecular weight is 281 g/mol. The second-order valence-corrected chi connectivity index (χ2v) is 5.82. The summed E-state index contributed by atoms with van der Waals surface area (Å²) in [6.07, 6.45) is 4.68. The number of pyridine rings is 1. The van der Waals surface area contributed by atoms with Gasteiger partial charge in [-0.15, -0.1) is 0 Å². The first-order chi connectivity index (χ1) is 10.3. The molecule has 2 heterocycles. The zero-order valence-corrected chi connectivity index (χ0v) is 12.2. The second kappa shape index (κ2) is 4.95. The zero-order chi connectivity index (χ0) is 14.2. The standard InChI is InChI=1S/C17H19N3O/c1-21-15-6-4-13(5-7-15)14-8-16-17(18-9-14)19-11-20(16)10-12-2-3-12/h4-9,12H,2-3,10-11H2,1H3,(H,18,19). The molecule has 1 aliphatic heterocycles. The largest absolute Gasteiger partial charge is 0.497 e. The molecule has 4 heteroatoms. The lowest BCUT2D eigenvalue weighted by Gasteiger charge is -2.17. The van der Waals surface area contributed by atoms with Crippen molar-refractivity contribution in [2.75, 3.05) is 30.5 Å². The number of methoxy groups -OCH3 is 1. The van der Waals surface area contributed by atoms with Gasteiger partial charge in [0.2, 0.25) is 0 Å². The number of hydrogen-bond donors (Lipinski definition) is 1. The third-order valence-electron chi connectivity index (χ3n) is 4.24. The Morgan fingerprint density at radius 2 is 2.05 bits per heavy atom. The van der Waals surface area contributed by atoms with E-state index in [4.69, 9.17) is 4.74 Å². The summed E-state index contributed by atoms with van der Waals surface area (Å²) < 4.78 is 5.21. The van der Waals surface area contributed by atoms with E-state index >= 15 is 0 Å². The minimum Gasteiger partial charge on any atom is -0.497 e. The summed E-state index contributed by atoms with van der Waals surface area (Å²) in [4.78, 5) is 6.98. The number of anilines is 2. The van der Waals surface area contributed by atoms with Gasteiger partial charge in [0.15, 0.2) is 5.82 Å². The molecule has 1 N–H and O–H groups in total. The molecule has 0 amide bonds. The summed E-state index contributed by atoms with van der Waals surface area (Å²) >= 11 is 0. The highest BCUT2D eigenvalue weighted by Crippen LogP contribution is 2.37. The zero-order valence-electron chi connectivity index (χ0n) is 12.2. The van der Waals surface area contributed by atoms with Crippen LogP contribution in [0.2, 0.25) is 0 Å². The fourth-order valence-corrected chi connectivity index (χ4v) is 2.80. The Bertz CT molecular complexity index is 650. The SMILES string of the molecule is COc1ccc(-c2cnc3c(c2)N(CC2CC2)CN3)cc1. The van der Waals surface area contributed by atoms with Crippen LogP contribution in [0.1, 0.15) is 12.8 Å². The normalized spacial score (nSPS) is 16.5. The fraction of sp³-hybridized carbons (Fsp3) is 0.353. The van der Waals surface area contributed by atoms with Crippen molar-refractivity contribution in [1.29, 1.82) is 0 Å². The van der Waals surface area contributed by atoms with Gasteiger partial charge in [0.25, 0.3) is 0 Å². The lowest BCUT2D eigenvalue weighted by molar-refractivity contribution is 0.415. The maximum atomic E-state index is 5.21. The quantitative estimate of drug-likeness (QED) is 0.932. The van der Waals surface area contributed by atoms with Crippen molar-refractivity contribution in [3.05, 3.63) is 36.5 Å². The van der Waals surface area contributed by atoms with Gasteiger partial charge in [-0.3, -0.25) is 0 Å². The van der Waals surface area contributed by atoms with Crippen LogP contribution in [0.15, 0.2) is 36.5 Å². The Hall–Kier alpha value is -2.23. The van der Waals surface area contributed by atoms with Crippen LogP contribution in [0.3, 0.4) is 0 Å². The summed E-state index contributed by atoms with van der Waals surface area (Å²) in [6.45, 7) is 2.03. The van der Waals surface area contributed by atoms with E-state index in [1.165, 1.54) is 24.1 Å². The number of benzene rings is 1. The van der Waals surface area contributed by atoms with Crippen molar-refractivity contribution < 1.29 is 4.74 Å². The van der Waals surface area contributed by atoms with Crippen LogP contribution >= 0.6 is 0 Å². The van der Waals surface area contributed by atoms with Crippen molar-refractivity contribution >= 4 is 11.5 Å². The fourth-order valence-electron chi connectivity index (χ4n) is 2.80. The van der Waals surface area contributed by atoms with Crippen molar-refractivity contribution in [2.45, 2.75) is 12.8 Å². The first kappa shape index (κ1) is 12.5. The molecule has 0 unspecified atom stereocenters.